The second-order valence-corrected chi connectivity index (χ2v) is 4.56. The Morgan fingerprint density at radius 3 is 2.63 bits per heavy atom. The predicted molar refractivity (Wildman–Crippen MR) is 72.2 cm³/mol. The summed E-state index contributed by atoms with van der Waals surface area (Å²) in [5.74, 6) is 0.0911. The van der Waals surface area contributed by atoms with Crippen LogP contribution in [0.1, 0.15) is 23.2 Å². The second kappa shape index (κ2) is 4.68. The van der Waals surface area contributed by atoms with Gasteiger partial charge in [0.05, 0.1) is 0 Å². The third-order valence-corrected chi connectivity index (χ3v) is 3.13. The van der Waals surface area contributed by atoms with Crippen LogP contribution < -0.4 is 10.6 Å². The fourth-order valence-corrected chi connectivity index (χ4v) is 2.12. The van der Waals surface area contributed by atoms with Crippen molar-refractivity contribution in [1.29, 1.82) is 0 Å². The minimum atomic E-state index is -0.503. The van der Waals surface area contributed by atoms with Gasteiger partial charge in [0.15, 0.2) is 0 Å². The first-order valence-electron chi connectivity index (χ1n) is 6.21. The normalized spacial score (nSPS) is 14.1. The highest BCUT2D eigenvalue weighted by molar-refractivity contribution is 5.98. The zero-order chi connectivity index (χ0) is 13.2. The molecule has 0 aliphatic heterocycles. The van der Waals surface area contributed by atoms with E-state index in [0.717, 1.165) is 18.5 Å². The molecule has 1 aromatic carbocycles. The summed E-state index contributed by atoms with van der Waals surface area (Å²) in [5, 5.41) is 0. The molecule has 3 rings (SSSR count). The van der Waals surface area contributed by atoms with Gasteiger partial charge in [0.25, 0.3) is 5.91 Å². The summed E-state index contributed by atoms with van der Waals surface area (Å²) >= 11 is 0. The van der Waals surface area contributed by atoms with Gasteiger partial charge < -0.3 is 10.6 Å². The Morgan fingerprint density at radius 2 is 2.00 bits per heavy atom. The molecule has 1 fully saturated rings. The molecule has 19 heavy (non-hydrogen) atoms. The van der Waals surface area contributed by atoms with Gasteiger partial charge in [-0.3, -0.25) is 4.79 Å². The maximum Gasteiger partial charge on any atom is 0.254 e. The van der Waals surface area contributed by atoms with E-state index in [-0.39, 0.29) is 0 Å². The number of hydrogen-bond acceptors (Lipinski definition) is 4. The number of nitrogens with zero attached hydrogens (tertiary/aromatic N) is 3. The minimum Gasteiger partial charge on any atom is -0.365 e. The molecule has 2 aromatic rings. The van der Waals surface area contributed by atoms with Gasteiger partial charge in [-0.25, -0.2) is 9.97 Å². The maximum atomic E-state index is 11.5. The van der Waals surface area contributed by atoms with E-state index in [1.807, 2.05) is 30.3 Å². The van der Waals surface area contributed by atoms with Crippen molar-refractivity contribution in [2.45, 2.75) is 18.9 Å². The number of carbonyl (C=O) groups is 1. The Labute approximate surface area is 111 Å². The van der Waals surface area contributed by atoms with E-state index < -0.39 is 5.91 Å². The third kappa shape index (κ3) is 2.27. The van der Waals surface area contributed by atoms with E-state index in [9.17, 15) is 4.79 Å². The molecule has 1 aliphatic rings. The van der Waals surface area contributed by atoms with E-state index in [1.165, 1.54) is 12.5 Å². The number of anilines is 2. The Balaban J connectivity index is 2.09. The number of rotatable bonds is 4. The van der Waals surface area contributed by atoms with Crippen molar-refractivity contribution >= 4 is 17.4 Å². The van der Waals surface area contributed by atoms with Crippen LogP contribution in [0.15, 0.2) is 42.9 Å². The van der Waals surface area contributed by atoms with E-state index in [2.05, 4.69) is 14.9 Å². The Hall–Kier alpha value is -2.43. The fourth-order valence-electron chi connectivity index (χ4n) is 2.12. The molecule has 1 amide bonds. The molecule has 1 heterocycles. The molecule has 0 unspecified atom stereocenters. The number of amides is 1. The standard InChI is InChI=1S/C14H14N4O/c15-13(19)12-8-16-9-17-14(12)18(11-6-7-11)10-4-2-1-3-5-10/h1-5,8-9,11H,6-7H2,(H2,15,19). The molecule has 0 atom stereocenters. The van der Waals surface area contributed by atoms with Gasteiger partial charge in [-0.1, -0.05) is 18.2 Å². The smallest absolute Gasteiger partial charge is 0.254 e. The largest absolute Gasteiger partial charge is 0.365 e. The topological polar surface area (TPSA) is 72.1 Å². The van der Waals surface area contributed by atoms with Crippen molar-refractivity contribution in [3.05, 3.63) is 48.4 Å². The molecular formula is C14H14N4O. The number of hydrogen-bond donors (Lipinski definition) is 1. The monoisotopic (exact) mass is 254 g/mol. The second-order valence-electron chi connectivity index (χ2n) is 4.56. The lowest BCUT2D eigenvalue weighted by atomic mass is 10.2. The lowest BCUT2D eigenvalue weighted by Crippen LogP contribution is -2.25. The van der Waals surface area contributed by atoms with Crippen LogP contribution in [0.4, 0.5) is 11.5 Å². The van der Waals surface area contributed by atoms with E-state index in [0.29, 0.717) is 17.4 Å². The Kier molecular flexibility index (Phi) is 2.87. The van der Waals surface area contributed by atoms with Gasteiger partial charge in [0.2, 0.25) is 0 Å². The van der Waals surface area contributed by atoms with Crippen molar-refractivity contribution in [1.82, 2.24) is 9.97 Å². The summed E-state index contributed by atoms with van der Waals surface area (Å²) in [6, 6.07) is 10.3. The first-order chi connectivity index (χ1) is 9.27. The van der Waals surface area contributed by atoms with Crippen LogP contribution in [-0.2, 0) is 0 Å². The number of primary amides is 1. The van der Waals surface area contributed by atoms with Crippen molar-refractivity contribution in [2.24, 2.45) is 5.73 Å². The zero-order valence-electron chi connectivity index (χ0n) is 10.4. The van der Waals surface area contributed by atoms with E-state index >= 15 is 0 Å². The molecule has 0 bridgehead atoms. The zero-order valence-corrected chi connectivity index (χ0v) is 10.4. The van der Waals surface area contributed by atoms with E-state index in [1.54, 1.807) is 0 Å². The molecule has 1 saturated carbocycles. The Bertz CT molecular complexity index is 595. The lowest BCUT2D eigenvalue weighted by molar-refractivity contribution is 0.1000. The summed E-state index contributed by atoms with van der Waals surface area (Å²) in [6.07, 6.45) is 5.11. The summed E-state index contributed by atoms with van der Waals surface area (Å²) in [6.45, 7) is 0. The molecule has 0 saturated heterocycles. The van der Waals surface area contributed by atoms with Crippen LogP contribution >= 0.6 is 0 Å². The van der Waals surface area contributed by atoms with Crippen LogP contribution in [0, 0.1) is 0 Å². The van der Waals surface area contributed by atoms with Gasteiger partial charge in [0.1, 0.15) is 17.7 Å². The molecule has 0 radical (unpaired) electrons. The maximum absolute atomic E-state index is 11.5. The molecular weight excluding hydrogens is 240 g/mol. The summed E-state index contributed by atoms with van der Waals surface area (Å²) in [7, 11) is 0. The first-order valence-corrected chi connectivity index (χ1v) is 6.21. The molecule has 5 nitrogen and oxygen atoms in total. The van der Waals surface area contributed by atoms with E-state index in [4.69, 9.17) is 5.73 Å². The van der Waals surface area contributed by atoms with Crippen LogP contribution in [0.25, 0.3) is 0 Å². The summed E-state index contributed by atoms with van der Waals surface area (Å²) in [4.78, 5) is 21.7. The van der Waals surface area contributed by atoms with Crippen LogP contribution in [0.2, 0.25) is 0 Å². The van der Waals surface area contributed by atoms with Gasteiger partial charge in [-0.05, 0) is 25.0 Å². The minimum absolute atomic E-state index is 0.359. The number of nitrogens with two attached hydrogens (primary N) is 1. The molecule has 1 aliphatic carbocycles. The highest BCUT2D eigenvalue weighted by Crippen LogP contribution is 2.38. The van der Waals surface area contributed by atoms with Crippen molar-refractivity contribution in [3.8, 4) is 0 Å². The van der Waals surface area contributed by atoms with Gasteiger partial charge in [-0.15, -0.1) is 0 Å². The molecule has 1 aromatic heterocycles. The molecule has 2 N–H and O–H groups in total. The number of aromatic nitrogens is 2. The first kappa shape index (κ1) is 11.6. The fraction of sp³-hybridized carbons (Fsp3) is 0.214. The van der Waals surface area contributed by atoms with Gasteiger partial charge >= 0.3 is 0 Å². The predicted octanol–water partition coefficient (Wildman–Crippen LogP) is 1.88. The number of carbonyl (C=O) groups excluding carboxylic acids is 1. The van der Waals surface area contributed by atoms with Crippen LogP contribution in [-0.4, -0.2) is 21.9 Å². The van der Waals surface area contributed by atoms with Gasteiger partial charge in [-0.2, -0.15) is 0 Å². The summed E-state index contributed by atoms with van der Waals surface area (Å²) < 4.78 is 0. The van der Waals surface area contributed by atoms with Crippen molar-refractivity contribution in [3.63, 3.8) is 0 Å². The number of benzene rings is 1. The molecule has 5 heteroatoms. The highest BCUT2D eigenvalue weighted by atomic mass is 16.1. The van der Waals surface area contributed by atoms with Crippen molar-refractivity contribution in [2.75, 3.05) is 4.90 Å². The molecule has 0 spiro atoms. The summed E-state index contributed by atoms with van der Waals surface area (Å²) in [5.41, 5.74) is 6.78. The van der Waals surface area contributed by atoms with Crippen LogP contribution in [0.3, 0.4) is 0 Å². The quantitative estimate of drug-likeness (QED) is 0.904. The average Bonchev–Trinajstić information content (AvgIpc) is 3.25. The van der Waals surface area contributed by atoms with Crippen molar-refractivity contribution < 1.29 is 4.79 Å². The van der Waals surface area contributed by atoms with Gasteiger partial charge in [0, 0.05) is 17.9 Å². The average molecular weight is 254 g/mol. The molecule has 96 valence electrons. The number of para-hydroxylation sites is 1. The van der Waals surface area contributed by atoms with Crippen LogP contribution in [0.5, 0.6) is 0 Å². The third-order valence-electron chi connectivity index (χ3n) is 3.13. The SMILES string of the molecule is NC(=O)c1cncnc1N(c1ccccc1)C1CC1. The lowest BCUT2D eigenvalue weighted by Gasteiger charge is -2.24. The Morgan fingerprint density at radius 1 is 1.26 bits per heavy atom. The highest BCUT2D eigenvalue weighted by Gasteiger charge is 2.33.